The standard InChI is InChI=1S/C20H15BrN4O4/c21-17-10-9-13(11-18(17)25(28)29)19(26)22-15-7-4-8-16(12-15)24-20(27)23-14-5-2-1-3-6-14/h1-12H,(H,22,26)(H2,23,24,27). The third kappa shape index (κ3) is 5.39. The molecule has 3 rings (SSSR count). The van der Waals surface area contributed by atoms with E-state index < -0.39 is 16.9 Å². The van der Waals surface area contributed by atoms with Crippen LogP contribution in [-0.2, 0) is 0 Å². The zero-order valence-corrected chi connectivity index (χ0v) is 16.5. The Labute approximate surface area is 174 Å². The number of para-hydroxylation sites is 1. The largest absolute Gasteiger partial charge is 0.323 e. The van der Waals surface area contributed by atoms with Gasteiger partial charge in [-0.2, -0.15) is 0 Å². The predicted molar refractivity (Wildman–Crippen MR) is 114 cm³/mol. The first-order chi connectivity index (χ1) is 13.9. The first-order valence-corrected chi connectivity index (χ1v) is 9.20. The summed E-state index contributed by atoms with van der Waals surface area (Å²) >= 11 is 3.08. The molecule has 0 radical (unpaired) electrons. The number of anilines is 3. The number of nitro groups is 1. The van der Waals surface area contributed by atoms with Gasteiger partial charge < -0.3 is 16.0 Å². The van der Waals surface area contributed by atoms with E-state index in [9.17, 15) is 19.7 Å². The van der Waals surface area contributed by atoms with Crippen molar-refractivity contribution < 1.29 is 14.5 Å². The first kappa shape index (κ1) is 20.0. The van der Waals surface area contributed by atoms with Gasteiger partial charge in [-0.25, -0.2) is 4.79 Å². The summed E-state index contributed by atoms with van der Waals surface area (Å²) in [6, 6.07) is 19.2. The maximum absolute atomic E-state index is 12.4. The van der Waals surface area contributed by atoms with E-state index in [1.165, 1.54) is 18.2 Å². The molecule has 0 spiro atoms. The lowest BCUT2D eigenvalue weighted by Gasteiger charge is -2.10. The van der Waals surface area contributed by atoms with Crippen LogP contribution in [0, 0.1) is 10.1 Å². The van der Waals surface area contributed by atoms with Gasteiger partial charge >= 0.3 is 6.03 Å². The number of hydrogen-bond donors (Lipinski definition) is 3. The highest BCUT2D eigenvalue weighted by Crippen LogP contribution is 2.26. The molecule has 9 heteroatoms. The van der Waals surface area contributed by atoms with Crippen molar-refractivity contribution in [1.82, 2.24) is 0 Å². The van der Waals surface area contributed by atoms with Crippen molar-refractivity contribution in [2.75, 3.05) is 16.0 Å². The summed E-state index contributed by atoms with van der Waals surface area (Å²) in [5.74, 6) is -0.508. The van der Waals surface area contributed by atoms with Crippen molar-refractivity contribution in [3.8, 4) is 0 Å². The normalized spacial score (nSPS) is 10.1. The van der Waals surface area contributed by atoms with Gasteiger partial charge in [0.05, 0.1) is 9.40 Å². The number of nitrogens with one attached hydrogen (secondary N) is 3. The summed E-state index contributed by atoms with van der Waals surface area (Å²) < 4.78 is 0.287. The Hall–Kier alpha value is -3.72. The van der Waals surface area contributed by atoms with E-state index in [4.69, 9.17) is 0 Å². The highest BCUT2D eigenvalue weighted by molar-refractivity contribution is 9.10. The molecule has 0 aromatic heterocycles. The second-order valence-corrected chi connectivity index (χ2v) is 6.76. The molecule has 0 aliphatic rings. The van der Waals surface area contributed by atoms with Crippen LogP contribution in [0.5, 0.6) is 0 Å². The van der Waals surface area contributed by atoms with Crippen LogP contribution in [0.1, 0.15) is 10.4 Å². The van der Waals surface area contributed by atoms with Crippen LogP contribution >= 0.6 is 15.9 Å². The summed E-state index contributed by atoms with van der Waals surface area (Å²) in [7, 11) is 0. The molecule has 3 aromatic rings. The van der Waals surface area contributed by atoms with Crippen LogP contribution in [0.2, 0.25) is 0 Å². The third-order valence-corrected chi connectivity index (χ3v) is 4.49. The number of rotatable bonds is 5. The number of carbonyl (C=O) groups excluding carboxylic acids is 2. The Kier molecular flexibility index (Phi) is 6.20. The lowest BCUT2D eigenvalue weighted by atomic mass is 10.2. The third-order valence-electron chi connectivity index (χ3n) is 3.81. The van der Waals surface area contributed by atoms with Gasteiger partial charge in [-0.15, -0.1) is 0 Å². The molecule has 29 heavy (non-hydrogen) atoms. The van der Waals surface area contributed by atoms with Crippen LogP contribution < -0.4 is 16.0 Å². The Bertz CT molecular complexity index is 1070. The fourth-order valence-electron chi connectivity index (χ4n) is 2.49. The van der Waals surface area contributed by atoms with Crippen LogP contribution in [0.15, 0.2) is 77.3 Å². The molecule has 0 atom stereocenters. The maximum atomic E-state index is 12.4. The lowest BCUT2D eigenvalue weighted by molar-refractivity contribution is -0.385. The average molecular weight is 455 g/mol. The van der Waals surface area contributed by atoms with Crippen LogP contribution in [0.3, 0.4) is 0 Å². The lowest BCUT2D eigenvalue weighted by Crippen LogP contribution is -2.19. The quantitative estimate of drug-likeness (QED) is 0.360. The number of benzene rings is 3. The van der Waals surface area contributed by atoms with E-state index in [0.717, 1.165) is 0 Å². The van der Waals surface area contributed by atoms with Crippen molar-refractivity contribution >= 4 is 50.6 Å². The molecule has 8 nitrogen and oxygen atoms in total. The number of carbonyl (C=O) groups is 2. The van der Waals surface area contributed by atoms with Crippen LogP contribution in [-0.4, -0.2) is 16.9 Å². The van der Waals surface area contributed by atoms with E-state index in [0.29, 0.717) is 17.1 Å². The van der Waals surface area contributed by atoms with Gasteiger partial charge in [0, 0.05) is 28.7 Å². The highest BCUT2D eigenvalue weighted by Gasteiger charge is 2.16. The summed E-state index contributed by atoms with van der Waals surface area (Å²) in [5.41, 5.74) is 1.48. The molecule has 3 amide bonds. The van der Waals surface area contributed by atoms with E-state index >= 15 is 0 Å². The molecule has 0 aliphatic carbocycles. The fourth-order valence-corrected chi connectivity index (χ4v) is 2.88. The van der Waals surface area contributed by atoms with Gasteiger partial charge in [-0.1, -0.05) is 24.3 Å². The second kappa shape index (κ2) is 8.98. The summed E-state index contributed by atoms with van der Waals surface area (Å²) in [6.45, 7) is 0. The Morgan fingerprint density at radius 2 is 1.41 bits per heavy atom. The molecule has 0 saturated carbocycles. The van der Waals surface area contributed by atoms with Gasteiger partial charge in [0.1, 0.15) is 0 Å². The van der Waals surface area contributed by atoms with Gasteiger partial charge in [-0.05, 0) is 58.4 Å². The van der Waals surface area contributed by atoms with Gasteiger partial charge in [0.15, 0.2) is 0 Å². The van der Waals surface area contributed by atoms with Crippen molar-refractivity contribution in [3.63, 3.8) is 0 Å². The van der Waals surface area contributed by atoms with E-state index in [1.807, 2.05) is 6.07 Å². The minimum Gasteiger partial charge on any atom is -0.322 e. The average Bonchev–Trinajstić information content (AvgIpc) is 2.69. The molecule has 0 aliphatic heterocycles. The summed E-state index contributed by atoms with van der Waals surface area (Å²) in [4.78, 5) is 35.0. The Morgan fingerprint density at radius 3 is 2.10 bits per heavy atom. The Balaban J connectivity index is 1.68. The van der Waals surface area contributed by atoms with Crippen molar-refractivity contribution in [3.05, 3.63) is 92.9 Å². The van der Waals surface area contributed by atoms with Crippen LogP contribution in [0.4, 0.5) is 27.5 Å². The number of nitrogens with zero attached hydrogens (tertiary/aromatic N) is 1. The number of urea groups is 1. The molecular formula is C20H15BrN4O4. The first-order valence-electron chi connectivity index (χ1n) is 8.41. The van der Waals surface area contributed by atoms with E-state index in [2.05, 4.69) is 31.9 Å². The van der Waals surface area contributed by atoms with E-state index in [-0.39, 0.29) is 15.7 Å². The van der Waals surface area contributed by atoms with E-state index in [1.54, 1.807) is 48.5 Å². The monoisotopic (exact) mass is 454 g/mol. The molecule has 0 heterocycles. The molecule has 3 N–H and O–H groups in total. The molecule has 146 valence electrons. The van der Waals surface area contributed by atoms with Gasteiger partial charge in [0.2, 0.25) is 0 Å². The molecule has 0 unspecified atom stereocenters. The van der Waals surface area contributed by atoms with Crippen molar-refractivity contribution in [2.24, 2.45) is 0 Å². The molecular weight excluding hydrogens is 440 g/mol. The van der Waals surface area contributed by atoms with Crippen LogP contribution in [0.25, 0.3) is 0 Å². The minimum atomic E-state index is -0.573. The summed E-state index contributed by atoms with van der Waals surface area (Å²) in [6.07, 6.45) is 0. The molecule has 3 aromatic carbocycles. The second-order valence-electron chi connectivity index (χ2n) is 5.90. The minimum absolute atomic E-state index is 0.139. The number of amides is 3. The molecule has 0 fully saturated rings. The smallest absolute Gasteiger partial charge is 0.322 e. The summed E-state index contributed by atoms with van der Waals surface area (Å²) in [5, 5.41) is 19.1. The fraction of sp³-hybridized carbons (Fsp3) is 0. The van der Waals surface area contributed by atoms with Crippen molar-refractivity contribution in [2.45, 2.75) is 0 Å². The topological polar surface area (TPSA) is 113 Å². The predicted octanol–water partition coefficient (Wildman–Crippen LogP) is 5.25. The number of hydrogen-bond acceptors (Lipinski definition) is 4. The highest BCUT2D eigenvalue weighted by atomic mass is 79.9. The Morgan fingerprint density at radius 1 is 0.793 bits per heavy atom. The van der Waals surface area contributed by atoms with Gasteiger partial charge in [-0.3, -0.25) is 14.9 Å². The zero-order chi connectivity index (χ0) is 20.8. The number of nitro benzene ring substituents is 1. The number of halogens is 1. The molecule has 0 saturated heterocycles. The SMILES string of the molecule is O=C(Nc1ccccc1)Nc1cccc(NC(=O)c2ccc(Br)c([N+](=O)[O-])c2)c1. The van der Waals surface area contributed by atoms with Gasteiger partial charge in [0.25, 0.3) is 11.6 Å². The maximum Gasteiger partial charge on any atom is 0.323 e. The molecule has 0 bridgehead atoms. The van der Waals surface area contributed by atoms with Crippen molar-refractivity contribution in [1.29, 1.82) is 0 Å². The zero-order valence-electron chi connectivity index (χ0n) is 14.9.